The van der Waals surface area contributed by atoms with Crippen molar-refractivity contribution in [2.75, 3.05) is 13.1 Å². The number of benzene rings is 1. The zero-order chi connectivity index (χ0) is 24.4. The molecule has 1 aliphatic heterocycles. The number of carbonyl (C=O) groups is 1. The van der Waals surface area contributed by atoms with Crippen LogP contribution in [0.1, 0.15) is 54.1 Å². The lowest BCUT2D eigenvalue weighted by atomic mass is 9.91. The van der Waals surface area contributed by atoms with Crippen molar-refractivity contribution in [3.8, 4) is 0 Å². The third kappa shape index (κ3) is 5.50. The van der Waals surface area contributed by atoms with E-state index < -0.39 is 0 Å². The van der Waals surface area contributed by atoms with Crippen molar-refractivity contribution in [1.29, 1.82) is 0 Å². The molecule has 1 unspecified atom stereocenters. The van der Waals surface area contributed by atoms with Crippen LogP contribution in [0.25, 0.3) is 0 Å². The van der Waals surface area contributed by atoms with Crippen molar-refractivity contribution < 1.29 is 4.79 Å². The molecule has 5 rings (SSSR count). The summed E-state index contributed by atoms with van der Waals surface area (Å²) in [5.41, 5.74) is 4.65. The molecule has 6 nitrogen and oxygen atoms in total. The van der Waals surface area contributed by atoms with Gasteiger partial charge in [0.15, 0.2) is 0 Å². The third-order valence-corrected chi connectivity index (χ3v) is 8.28. The Bertz CT molecular complexity index is 1200. The van der Waals surface area contributed by atoms with Gasteiger partial charge in [-0.2, -0.15) is 0 Å². The molecule has 184 valence electrons. The molecule has 0 saturated carbocycles. The first-order valence-electron chi connectivity index (χ1n) is 12.1. The van der Waals surface area contributed by atoms with E-state index in [1.807, 2.05) is 23.0 Å². The Labute approximate surface area is 227 Å². The number of amides is 1. The molecule has 1 saturated heterocycles. The number of aryl methyl sites for hydroxylation is 3. The average Bonchev–Trinajstić information content (AvgIpc) is 3.31. The molecule has 3 aromatic rings. The summed E-state index contributed by atoms with van der Waals surface area (Å²) in [5.74, 6) is 0.102. The minimum absolute atomic E-state index is 0.102. The van der Waals surface area contributed by atoms with Gasteiger partial charge in [-0.15, -0.1) is 0 Å². The molecule has 1 amide bonds. The Morgan fingerprint density at radius 1 is 1.17 bits per heavy atom. The number of halogens is 3. The van der Waals surface area contributed by atoms with E-state index in [0.29, 0.717) is 6.54 Å². The van der Waals surface area contributed by atoms with Crippen LogP contribution in [0.5, 0.6) is 0 Å². The van der Waals surface area contributed by atoms with Crippen molar-refractivity contribution in [3.63, 3.8) is 0 Å². The highest BCUT2D eigenvalue weighted by atomic mass is 79.9. The van der Waals surface area contributed by atoms with Gasteiger partial charge in [-0.25, -0.2) is 4.98 Å². The summed E-state index contributed by atoms with van der Waals surface area (Å²) < 4.78 is 3.99. The molecule has 2 aromatic heterocycles. The zero-order valence-corrected chi connectivity index (χ0v) is 23.3. The highest BCUT2D eigenvalue weighted by Crippen LogP contribution is 2.43. The summed E-state index contributed by atoms with van der Waals surface area (Å²) in [6.45, 7) is 2.33. The lowest BCUT2D eigenvalue weighted by Gasteiger charge is -2.41. The van der Waals surface area contributed by atoms with Crippen molar-refractivity contribution in [3.05, 3.63) is 79.5 Å². The van der Waals surface area contributed by atoms with Crippen LogP contribution in [0.15, 0.2) is 52.1 Å². The van der Waals surface area contributed by atoms with Gasteiger partial charge in [-0.1, -0.05) is 34.0 Å². The summed E-state index contributed by atoms with van der Waals surface area (Å²) in [7, 11) is 0. The number of carbonyl (C=O) groups excluding carboxylic acids is 1. The van der Waals surface area contributed by atoms with Gasteiger partial charge in [0.2, 0.25) is 5.91 Å². The molecule has 35 heavy (non-hydrogen) atoms. The number of hydrogen-bond donors (Lipinski definition) is 1. The number of pyridine rings is 1. The SMILES string of the molecule is O=C(NCCCn1ccnc1)[C@@H]1CCCCN1C1c2ncc(Br)cc2CCc2cc(Cl)cc(Br)c21. The quantitative estimate of drug-likeness (QED) is 0.359. The highest BCUT2D eigenvalue weighted by molar-refractivity contribution is 9.10. The Morgan fingerprint density at radius 3 is 2.86 bits per heavy atom. The predicted octanol–water partition coefficient (Wildman–Crippen LogP) is 5.71. The smallest absolute Gasteiger partial charge is 0.237 e. The van der Waals surface area contributed by atoms with Gasteiger partial charge >= 0.3 is 0 Å². The number of nitrogens with one attached hydrogen (secondary N) is 1. The van der Waals surface area contributed by atoms with E-state index in [9.17, 15) is 4.79 Å². The van der Waals surface area contributed by atoms with Crippen LogP contribution in [0.2, 0.25) is 5.02 Å². The summed E-state index contributed by atoms with van der Waals surface area (Å²) in [4.78, 5) is 24.8. The van der Waals surface area contributed by atoms with Gasteiger partial charge in [0, 0.05) is 45.6 Å². The van der Waals surface area contributed by atoms with Crippen LogP contribution >= 0.6 is 43.5 Å². The molecule has 2 aliphatic rings. The molecular formula is C26H28Br2ClN5O. The number of hydrogen-bond acceptors (Lipinski definition) is 4. The fourth-order valence-electron chi connectivity index (χ4n) is 5.37. The maximum atomic E-state index is 13.5. The monoisotopic (exact) mass is 619 g/mol. The number of rotatable bonds is 6. The molecule has 1 aromatic carbocycles. The largest absolute Gasteiger partial charge is 0.355 e. The van der Waals surface area contributed by atoms with Crippen LogP contribution in [-0.4, -0.2) is 44.5 Å². The number of piperidine rings is 1. The second-order valence-electron chi connectivity index (χ2n) is 9.26. The highest BCUT2D eigenvalue weighted by Gasteiger charge is 2.39. The Kier molecular flexibility index (Phi) is 7.92. The number of imidazole rings is 1. The number of likely N-dealkylation sites (tertiary alicyclic amines) is 1. The van der Waals surface area contributed by atoms with Crippen molar-refractivity contribution in [2.24, 2.45) is 0 Å². The molecule has 1 aliphatic carbocycles. The van der Waals surface area contributed by atoms with Crippen molar-refractivity contribution in [2.45, 2.75) is 57.2 Å². The average molecular weight is 622 g/mol. The number of aromatic nitrogens is 3. The van der Waals surface area contributed by atoms with Crippen LogP contribution in [0.4, 0.5) is 0 Å². The molecule has 1 fully saturated rings. The van der Waals surface area contributed by atoms with E-state index in [0.717, 1.165) is 71.3 Å². The first-order valence-corrected chi connectivity index (χ1v) is 14.1. The standard InChI is InChI=1S/C26H28Br2ClN5O/c27-19-12-18-6-5-17-13-20(29)14-21(28)23(17)25(24(18)32-15-19)34-10-2-1-4-22(34)26(35)31-7-3-9-33-11-8-30-16-33/h8,11-16,22,25H,1-7,9-10H2,(H,31,35)/t22-,25?/m0/s1. The Balaban J connectivity index is 1.45. The van der Waals surface area contributed by atoms with E-state index in [2.05, 4.69) is 59.2 Å². The topological polar surface area (TPSA) is 63.1 Å². The maximum Gasteiger partial charge on any atom is 0.237 e. The summed E-state index contributed by atoms with van der Waals surface area (Å²) in [6, 6.07) is 5.90. The number of fused-ring (bicyclic) bond motifs is 2. The number of nitrogens with zero attached hydrogens (tertiary/aromatic N) is 4. The lowest BCUT2D eigenvalue weighted by molar-refractivity contribution is -0.128. The van der Waals surface area contributed by atoms with E-state index in [-0.39, 0.29) is 18.0 Å². The predicted molar refractivity (Wildman–Crippen MR) is 145 cm³/mol. The normalized spacial score (nSPS) is 20.1. The molecule has 9 heteroatoms. The minimum atomic E-state index is -0.200. The van der Waals surface area contributed by atoms with E-state index in [4.69, 9.17) is 16.6 Å². The van der Waals surface area contributed by atoms with Crippen molar-refractivity contribution in [1.82, 2.24) is 24.8 Å². The summed E-state index contributed by atoms with van der Waals surface area (Å²) in [5, 5.41) is 3.93. The van der Waals surface area contributed by atoms with Gasteiger partial charge in [0.05, 0.1) is 24.1 Å². The van der Waals surface area contributed by atoms with Gasteiger partial charge in [0.25, 0.3) is 0 Å². The first-order chi connectivity index (χ1) is 17.0. The van der Waals surface area contributed by atoms with Gasteiger partial charge < -0.3 is 9.88 Å². The lowest BCUT2D eigenvalue weighted by Crippen LogP contribution is -2.51. The van der Waals surface area contributed by atoms with Crippen LogP contribution in [0, 0.1) is 0 Å². The summed E-state index contributed by atoms with van der Waals surface area (Å²) in [6.07, 6.45) is 13.0. The Hall–Kier alpha value is -1.74. The van der Waals surface area contributed by atoms with Crippen molar-refractivity contribution >= 4 is 49.4 Å². The fraction of sp³-hybridized carbons (Fsp3) is 0.423. The minimum Gasteiger partial charge on any atom is -0.355 e. The summed E-state index contributed by atoms with van der Waals surface area (Å²) >= 11 is 13.9. The zero-order valence-electron chi connectivity index (χ0n) is 19.4. The second kappa shape index (κ2) is 11.1. The molecule has 1 N–H and O–H groups in total. The first kappa shape index (κ1) is 24.9. The molecular weight excluding hydrogens is 594 g/mol. The van der Waals surface area contributed by atoms with Crippen LogP contribution in [-0.2, 0) is 24.2 Å². The van der Waals surface area contributed by atoms with Gasteiger partial charge in [-0.05, 0) is 89.5 Å². The van der Waals surface area contributed by atoms with Gasteiger partial charge in [0.1, 0.15) is 0 Å². The fourth-order valence-corrected chi connectivity index (χ4v) is 6.84. The van der Waals surface area contributed by atoms with E-state index >= 15 is 0 Å². The molecule has 0 radical (unpaired) electrons. The molecule has 2 atom stereocenters. The molecule has 0 spiro atoms. The van der Waals surface area contributed by atoms with E-state index in [1.165, 1.54) is 16.7 Å². The third-order valence-electron chi connectivity index (χ3n) is 6.97. The van der Waals surface area contributed by atoms with E-state index in [1.54, 1.807) is 12.5 Å². The maximum absolute atomic E-state index is 13.5. The second-order valence-corrected chi connectivity index (χ2v) is 11.5. The molecule has 3 heterocycles. The molecule has 0 bridgehead atoms. The Morgan fingerprint density at radius 2 is 2.03 bits per heavy atom. The van der Waals surface area contributed by atoms with Crippen LogP contribution < -0.4 is 5.32 Å². The van der Waals surface area contributed by atoms with Crippen LogP contribution in [0.3, 0.4) is 0 Å². The van der Waals surface area contributed by atoms with Gasteiger partial charge in [-0.3, -0.25) is 14.7 Å².